The number of benzene rings is 2. The van der Waals surface area contributed by atoms with E-state index in [0.29, 0.717) is 12.2 Å². The molecule has 1 heterocycles. The minimum atomic E-state index is -0.598. The summed E-state index contributed by atoms with van der Waals surface area (Å²) in [6.07, 6.45) is -0.499. The van der Waals surface area contributed by atoms with Crippen LogP contribution in [0.1, 0.15) is 35.3 Å². The topological polar surface area (TPSA) is 29.5 Å². The Hall–Kier alpha value is -1.39. The highest BCUT2D eigenvalue weighted by molar-refractivity contribution is 9.10. The number of rotatable bonds is 1. The number of aliphatic hydroxyl groups excluding tert-OH is 1. The summed E-state index contributed by atoms with van der Waals surface area (Å²) in [6.45, 7) is 1.92. The van der Waals surface area contributed by atoms with Crippen LogP contribution in [0.4, 0.5) is 4.39 Å². The molecule has 0 aromatic heterocycles. The van der Waals surface area contributed by atoms with Gasteiger partial charge >= 0.3 is 0 Å². The predicted molar refractivity (Wildman–Crippen MR) is 78.2 cm³/mol. The molecule has 1 aliphatic rings. The normalized spacial score (nSPS) is 21.2. The molecule has 2 aromatic carbocycles. The number of hydrogen-bond donors (Lipinski definition) is 1. The summed E-state index contributed by atoms with van der Waals surface area (Å²) in [5.74, 6) is 0.357. The molecule has 20 heavy (non-hydrogen) atoms. The average Bonchev–Trinajstić information content (AvgIpc) is 2.41. The summed E-state index contributed by atoms with van der Waals surface area (Å²) in [5, 5.41) is 10.3. The molecule has 0 saturated heterocycles. The predicted octanol–water partition coefficient (Wildman–Crippen LogP) is 4.45. The van der Waals surface area contributed by atoms with E-state index in [1.807, 2.05) is 25.1 Å². The highest BCUT2D eigenvalue weighted by Crippen LogP contribution is 2.42. The summed E-state index contributed by atoms with van der Waals surface area (Å²) in [7, 11) is 0. The minimum Gasteiger partial charge on any atom is -0.485 e. The summed E-state index contributed by atoms with van der Waals surface area (Å²) in [4.78, 5) is 0. The first-order chi connectivity index (χ1) is 9.54. The van der Waals surface area contributed by atoms with Crippen molar-refractivity contribution in [3.8, 4) is 5.75 Å². The largest absolute Gasteiger partial charge is 0.485 e. The van der Waals surface area contributed by atoms with Gasteiger partial charge in [0, 0.05) is 16.5 Å². The Bertz CT molecular complexity index is 657. The molecule has 0 amide bonds. The Kier molecular flexibility index (Phi) is 3.52. The number of halogens is 2. The smallest absolute Gasteiger partial charge is 0.127 e. The fourth-order valence-electron chi connectivity index (χ4n) is 2.57. The second-order valence-corrected chi connectivity index (χ2v) is 5.96. The molecule has 2 aromatic rings. The van der Waals surface area contributed by atoms with Crippen molar-refractivity contribution in [3.05, 3.63) is 63.4 Å². The van der Waals surface area contributed by atoms with Crippen LogP contribution in [0.25, 0.3) is 0 Å². The molecule has 3 rings (SSSR count). The molecule has 0 spiro atoms. The van der Waals surface area contributed by atoms with Crippen LogP contribution >= 0.6 is 15.9 Å². The third kappa shape index (κ3) is 2.45. The minimum absolute atomic E-state index is 0.288. The molecule has 0 aliphatic carbocycles. The first-order valence-electron chi connectivity index (χ1n) is 6.45. The quantitative estimate of drug-likeness (QED) is 0.833. The molecule has 0 radical (unpaired) electrons. The molecule has 0 fully saturated rings. The number of aliphatic hydroxyl groups is 1. The van der Waals surface area contributed by atoms with Crippen molar-refractivity contribution in [3.63, 3.8) is 0 Å². The maximum atomic E-state index is 13.4. The Labute approximate surface area is 125 Å². The van der Waals surface area contributed by atoms with Crippen molar-refractivity contribution in [2.75, 3.05) is 0 Å². The first-order valence-corrected chi connectivity index (χ1v) is 7.24. The molecular weight excluding hydrogens is 323 g/mol. The van der Waals surface area contributed by atoms with E-state index >= 15 is 0 Å². The van der Waals surface area contributed by atoms with Gasteiger partial charge in [-0.25, -0.2) is 4.39 Å². The molecule has 2 nitrogen and oxygen atoms in total. The lowest BCUT2D eigenvalue weighted by Crippen LogP contribution is -2.20. The molecule has 1 N–H and O–H groups in total. The molecule has 104 valence electrons. The maximum absolute atomic E-state index is 13.4. The van der Waals surface area contributed by atoms with Gasteiger partial charge in [-0.05, 0) is 42.3 Å². The number of hydrogen-bond acceptors (Lipinski definition) is 2. The zero-order valence-corrected chi connectivity index (χ0v) is 12.5. The van der Waals surface area contributed by atoms with Crippen molar-refractivity contribution in [1.29, 1.82) is 0 Å². The van der Waals surface area contributed by atoms with E-state index in [1.54, 1.807) is 6.07 Å². The van der Waals surface area contributed by atoms with E-state index in [1.165, 1.54) is 12.1 Å². The monoisotopic (exact) mass is 336 g/mol. The van der Waals surface area contributed by atoms with Crippen LogP contribution in [0.15, 0.2) is 40.9 Å². The third-order valence-corrected chi connectivity index (χ3v) is 4.12. The standard InChI is InChI=1S/C16H14BrFO2/c1-9-2-4-11(18)7-13(9)16-8-14(19)12-5-3-10(17)6-15(12)20-16/h2-7,14,16,19H,8H2,1H3/t14-,16?/m0/s1. The molecule has 0 bridgehead atoms. The van der Waals surface area contributed by atoms with Crippen molar-refractivity contribution in [1.82, 2.24) is 0 Å². The Morgan fingerprint density at radius 1 is 1.20 bits per heavy atom. The molecule has 0 saturated carbocycles. The molecule has 2 atom stereocenters. The van der Waals surface area contributed by atoms with E-state index < -0.39 is 6.10 Å². The van der Waals surface area contributed by atoms with Crippen LogP contribution in [0.3, 0.4) is 0 Å². The van der Waals surface area contributed by atoms with E-state index in [4.69, 9.17) is 4.74 Å². The zero-order valence-electron chi connectivity index (χ0n) is 10.9. The van der Waals surface area contributed by atoms with E-state index in [-0.39, 0.29) is 11.9 Å². The van der Waals surface area contributed by atoms with Crippen molar-refractivity contribution < 1.29 is 14.2 Å². The summed E-state index contributed by atoms with van der Waals surface area (Å²) >= 11 is 3.39. The Morgan fingerprint density at radius 3 is 2.80 bits per heavy atom. The van der Waals surface area contributed by atoms with Crippen LogP contribution < -0.4 is 4.74 Å². The Balaban J connectivity index is 2.00. The van der Waals surface area contributed by atoms with Crippen LogP contribution in [0.5, 0.6) is 5.75 Å². The number of aryl methyl sites for hydroxylation is 1. The third-order valence-electron chi connectivity index (χ3n) is 3.63. The van der Waals surface area contributed by atoms with Crippen molar-refractivity contribution >= 4 is 15.9 Å². The van der Waals surface area contributed by atoms with Gasteiger partial charge in [-0.3, -0.25) is 0 Å². The molecule has 1 unspecified atom stereocenters. The van der Waals surface area contributed by atoms with Gasteiger partial charge < -0.3 is 9.84 Å². The van der Waals surface area contributed by atoms with E-state index in [0.717, 1.165) is 21.2 Å². The summed E-state index contributed by atoms with van der Waals surface area (Å²) in [6, 6.07) is 10.2. The highest BCUT2D eigenvalue weighted by atomic mass is 79.9. The molecule has 1 aliphatic heterocycles. The van der Waals surface area contributed by atoms with Gasteiger partial charge in [-0.1, -0.05) is 28.1 Å². The van der Waals surface area contributed by atoms with Gasteiger partial charge in [0.25, 0.3) is 0 Å². The van der Waals surface area contributed by atoms with E-state index in [9.17, 15) is 9.50 Å². The summed E-state index contributed by atoms with van der Waals surface area (Å²) in [5.41, 5.74) is 2.52. The Morgan fingerprint density at radius 2 is 2.00 bits per heavy atom. The van der Waals surface area contributed by atoms with Gasteiger partial charge in [0.1, 0.15) is 17.7 Å². The second kappa shape index (κ2) is 5.19. The SMILES string of the molecule is Cc1ccc(F)cc1C1C[C@H](O)c2ccc(Br)cc2O1. The van der Waals surface area contributed by atoms with E-state index in [2.05, 4.69) is 15.9 Å². The van der Waals surface area contributed by atoms with Gasteiger partial charge in [0.05, 0.1) is 6.10 Å². The van der Waals surface area contributed by atoms with Crippen molar-refractivity contribution in [2.45, 2.75) is 25.6 Å². The average molecular weight is 337 g/mol. The van der Waals surface area contributed by atoms with Crippen LogP contribution in [0, 0.1) is 12.7 Å². The lowest BCUT2D eigenvalue weighted by molar-refractivity contribution is 0.0652. The van der Waals surface area contributed by atoms with Gasteiger partial charge in [0.15, 0.2) is 0 Å². The van der Waals surface area contributed by atoms with Crippen molar-refractivity contribution in [2.24, 2.45) is 0 Å². The molecule has 4 heteroatoms. The maximum Gasteiger partial charge on any atom is 0.127 e. The van der Waals surface area contributed by atoms with Gasteiger partial charge in [-0.2, -0.15) is 0 Å². The zero-order chi connectivity index (χ0) is 14.3. The van der Waals surface area contributed by atoms with Gasteiger partial charge in [0.2, 0.25) is 0 Å². The second-order valence-electron chi connectivity index (χ2n) is 5.04. The first kappa shape index (κ1) is 13.6. The lowest BCUT2D eigenvalue weighted by atomic mass is 9.93. The van der Waals surface area contributed by atoms with Crippen LogP contribution in [-0.4, -0.2) is 5.11 Å². The molecular formula is C16H14BrFO2. The fourth-order valence-corrected chi connectivity index (χ4v) is 2.91. The van der Waals surface area contributed by atoms with Crippen LogP contribution in [-0.2, 0) is 0 Å². The number of fused-ring (bicyclic) bond motifs is 1. The van der Waals surface area contributed by atoms with Gasteiger partial charge in [-0.15, -0.1) is 0 Å². The highest BCUT2D eigenvalue weighted by Gasteiger charge is 2.29. The lowest BCUT2D eigenvalue weighted by Gasteiger charge is -2.30. The summed E-state index contributed by atoms with van der Waals surface area (Å²) < 4.78 is 20.3. The van der Waals surface area contributed by atoms with Crippen LogP contribution in [0.2, 0.25) is 0 Å². The fraction of sp³-hybridized carbons (Fsp3) is 0.250. The number of ether oxygens (including phenoxy) is 1.